The largest absolute Gasteiger partial charge is 0.357 e. The van der Waals surface area contributed by atoms with Crippen LogP contribution in [0.25, 0.3) is 0 Å². The lowest BCUT2D eigenvalue weighted by molar-refractivity contribution is 0.766. The Kier molecular flexibility index (Phi) is 4.46. The summed E-state index contributed by atoms with van der Waals surface area (Å²) in [5, 5.41) is 6.80. The number of nitrogens with one attached hydrogen (secondary N) is 2. The van der Waals surface area contributed by atoms with Crippen LogP contribution in [0.1, 0.15) is 37.0 Å². The van der Waals surface area contributed by atoms with Crippen molar-refractivity contribution in [3.8, 4) is 0 Å². The van der Waals surface area contributed by atoms with E-state index in [9.17, 15) is 0 Å². The summed E-state index contributed by atoms with van der Waals surface area (Å²) < 4.78 is 0. The Bertz CT molecular complexity index is 465. The quantitative estimate of drug-likeness (QED) is 0.644. The first-order valence-corrected chi connectivity index (χ1v) is 7.21. The van der Waals surface area contributed by atoms with E-state index in [1.165, 1.54) is 23.1 Å². The molecular weight excluding hydrogens is 234 g/mol. The maximum atomic E-state index is 4.68. The van der Waals surface area contributed by atoms with Crippen molar-refractivity contribution in [3.63, 3.8) is 0 Å². The third-order valence-electron chi connectivity index (χ3n) is 3.68. The van der Waals surface area contributed by atoms with Gasteiger partial charge in [0.25, 0.3) is 0 Å². The lowest BCUT2D eigenvalue weighted by Gasteiger charge is -2.11. The third-order valence-corrected chi connectivity index (χ3v) is 3.68. The highest BCUT2D eigenvalue weighted by Crippen LogP contribution is 2.28. The molecule has 0 aromatic heterocycles. The Hall–Kier alpha value is -1.51. The van der Waals surface area contributed by atoms with Crippen LogP contribution >= 0.6 is 0 Å². The number of hydrogen-bond acceptors (Lipinski definition) is 1. The fraction of sp³-hybridized carbons (Fsp3) is 0.562. The predicted molar refractivity (Wildman–Crippen MR) is 81.4 cm³/mol. The Morgan fingerprint density at radius 1 is 1.37 bits per heavy atom. The second-order valence-corrected chi connectivity index (χ2v) is 5.59. The Morgan fingerprint density at radius 3 is 2.68 bits per heavy atom. The van der Waals surface area contributed by atoms with Gasteiger partial charge in [0.15, 0.2) is 5.96 Å². The molecule has 3 heteroatoms. The molecule has 104 valence electrons. The van der Waals surface area contributed by atoms with Gasteiger partial charge in [-0.3, -0.25) is 0 Å². The zero-order valence-electron chi connectivity index (χ0n) is 12.5. The standard InChI is InChI=1S/C16H25N3/c1-5-17-16(19-15-9-13(15)4)18-10-14-7-6-11(2)8-12(14)3/h6-8,13,15H,5,9-10H2,1-4H3,(H2,17,18,19). The molecule has 2 atom stereocenters. The van der Waals surface area contributed by atoms with Gasteiger partial charge in [0.2, 0.25) is 0 Å². The molecule has 0 aliphatic heterocycles. The molecule has 1 aromatic carbocycles. The van der Waals surface area contributed by atoms with Crippen LogP contribution in [0.15, 0.2) is 23.2 Å². The van der Waals surface area contributed by atoms with Gasteiger partial charge in [-0.2, -0.15) is 0 Å². The van der Waals surface area contributed by atoms with E-state index in [4.69, 9.17) is 0 Å². The van der Waals surface area contributed by atoms with Crippen LogP contribution in [0, 0.1) is 19.8 Å². The number of hydrogen-bond donors (Lipinski definition) is 2. The monoisotopic (exact) mass is 259 g/mol. The van der Waals surface area contributed by atoms with Gasteiger partial charge in [-0.15, -0.1) is 0 Å². The Balaban J connectivity index is 2.00. The molecule has 1 saturated carbocycles. The maximum absolute atomic E-state index is 4.68. The van der Waals surface area contributed by atoms with Crippen LogP contribution in [-0.2, 0) is 6.54 Å². The molecular formula is C16H25N3. The summed E-state index contributed by atoms with van der Waals surface area (Å²) in [6, 6.07) is 7.16. The van der Waals surface area contributed by atoms with Gasteiger partial charge in [-0.1, -0.05) is 30.7 Å². The first-order chi connectivity index (χ1) is 9.10. The van der Waals surface area contributed by atoms with Gasteiger partial charge in [-0.05, 0) is 44.2 Å². The molecule has 2 rings (SSSR count). The molecule has 3 nitrogen and oxygen atoms in total. The highest BCUT2D eigenvalue weighted by molar-refractivity contribution is 5.80. The molecule has 1 aliphatic rings. The van der Waals surface area contributed by atoms with Crippen molar-refractivity contribution in [2.75, 3.05) is 6.54 Å². The van der Waals surface area contributed by atoms with E-state index < -0.39 is 0 Å². The van der Waals surface area contributed by atoms with Crippen molar-refractivity contribution in [1.82, 2.24) is 10.6 Å². The average molecular weight is 259 g/mol. The van der Waals surface area contributed by atoms with Crippen LogP contribution in [-0.4, -0.2) is 18.5 Å². The van der Waals surface area contributed by atoms with E-state index in [1.54, 1.807) is 0 Å². The fourth-order valence-corrected chi connectivity index (χ4v) is 2.21. The maximum Gasteiger partial charge on any atom is 0.191 e. The highest BCUT2D eigenvalue weighted by atomic mass is 15.2. The van der Waals surface area contributed by atoms with Crippen LogP contribution < -0.4 is 10.6 Å². The number of guanidine groups is 1. The predicted octanol–water partition coefficient (Wildman–Crippen LogP) is 2.77. The Labute approximate surface area is 116 Å². The number of aryl methyl sites for hydroxylation is 2. The smallest absolute Gasteiger partial charge is 0.191 e. The zero-order chi connectivity index (χ0) is 13.8. The molecule has 0 spiro atoms. The summed E-state index contributed by atoms with van der Waals surface area (Å²) in [5.74, 6) is 1.72. The number of benzene rings is 1. The van der Waals surface area contributed by atoms with E-state index >= 15 is 0 Å². The summed E-state index contributed by atoms with van der Waals surface area (Å²) in [7, 11) is 0. The third kappa shape index (κ3) is 3.98. The molecule has 2 N–H and O–H groups in total. The normalized spacial score (nSPS) is 22.2. The van der Waals surface area contributed by atoms with E-state index in [0.29, 0.717) is 6.04 Å². The topological polar surface area (TPSA) is 36.4 Å². The molecule has 2 unspecified atom stereocenters. The van der Waals surface area contributed by atoms with Crippen molar-refractivity contribution >= 4 is 5.96 Å². The van der Waals surface area contributed by atoms with Gasteiger partial charge >= 0.3 is 0 Å². The molecule has 1 fully saturated rings. The highest BCUT2D eigenvalue weighted by Gasteiger charge is 2.33. The van der Waals surface area contributed by atoms with Gasteiger partial charge < -0.3 is 10.6 Å². The Morgan fingerprint density at radius 2 is 2.11 bits per heavy atom. The number of nitrogens with zero attached hydrogens (tertiary/aromatic N) is 1. The van der Waals surface area contributed by atoms with Gasteiger partial charge in [0.1, 0.15) is 0 Å². The van der Waals surface area contributed by atoms with Crippen molar-refractivity contribution in [2.24, 2.45) is 10.9 Å². The van der Waals surface area contributed by atoms with Crippen molar-refractivity contribution in [2.45, 2.75) is 46.7 Å². The second-order valence-electron chi connectivity index (χ2n) is 5.59. The minimum absolute atomic E-state index is 0.608. The van der Waals surface area contributed by atoms with Crippen molar-refractivity contribution < 1.29 is 0 Å². The molecule has 0 radical (unpaired) electrons. The minimum atomic E-state index is 0.608. The number of aliphatic imine (C=N–C) groups is 1. The lowest BCUT2D eigenvalue weighted by atomic mass is 10.1. The van der Waals surface area contributed by atoms with E-state index in [0.717, 1.165) is 25.0 Å². The van der Waals surface area contributed by atoms with E-state index in [1.807, 2.05) is 0 Å². The SMILES string of the molecule is CCNC(=NCc1ccc(C)cc1C)NC1CC1C. The first kappa shape index (κ1) is 13.9. The summed E-state index contributed by atoms with van der Waals surface area (Å²) in [4.78, 5) is 4.68. The summed E-state index contributed by atoms with van der Waals surface area (Å²) in [6.07, 6.45) is 1.26. The molecule has 19 heavy (non-hydrogen) atoms. The lowest BCUT2D eigenvalue weighted by Crippen LogP contribution is -2.39. The van der Waals surface area contributed by atoms with Gasteiger partial charge in [-0.25, -0.2) is 4.99 Å². The molecule has 1 aromatic rings. The average Bonchev–Trinajstić information content (AvgIpc) is 3.04. The van der Waals surface area contributed by atoms with Gasteiger partial charge in [0, 0.05) is 12.6 Å². The molecule has 0 bridgehead atoms. The van der Waals surface area contributed by atoms with Crippen LogP contribution in [0.2, 0.25) is 0 Å². The fourth-order valence-electron chi connectivity index (χ4n) is 2.21. The van der Waals surface area contributed by atoms with Crippen molar-refractivity contribution in [1.29, 1.82) is 0 Å². The van der Waals surface area contributed by atoms with Crippen LogP contribution in [0.4, 0.5) is 0 Å². The zero-order valence-corrected chi connectivity index (χ0v) is 12.5. The van der Waals surface area contributed by atoms with Crippen LogP contribution in [0.3, 0.4) is 0 Å². The van der Waals surface area contributed by atoms with E-state index in [2.05, 4.69) is 61.5 Å². The summed E-state index contributed by atoms with van der Waals surface area (Å²) in [6.45, 7) is 10.3. The summed E-state index contributed by atoms with van der Waals surface area (Å²) >= 11 is 0. The van der Waals surface area contributed by atoms with Gasteiger partial charge in [0.05, 0.1) is 6.54 Å². The van der Waals surface area contributed by atoms with E-state index in [-0.39, 0.29) is 0 Å². The molecule has 0 heterocycles. The first-order valence-electron chi connectivity index (χ1n) is 7.21. The van der Waals surface area contributed by atoms with Crippen molar-refractivity contribution in [3.05, 3.63) is 34.9 Å². The van der Waals surface area contributed by atoms with Crippen LogP contribution in [0.5, 0.6) is 0 Å². The minimum Gasteiger partial charge on any atom is -0.357 e. The second kappa shape index (κ2) is 6.09. The molecule has 0 saturated heterocycles. The molecule has 0 amide bonds. The summed E-state index contributed by atoms with van der Waals surface area (Å²) in [5.41, 5.74) is 3.92. The number of rotatable bonds is 4. The molecule has 1 aliphatic carbocycles.